The highest BCUT2D eigenvalue weighted by Gasteiger charge is 2.13. The number of rotatable bonds is 3. The van der Waals surface area contributed by atoms with Gasteiger partial charge >= 0.3 is 0 Å². The second-order valence-corrected chi connectivity index (χ2v) is 3.25. The molecule has 0 aliphatic carbocycles. The minimum atomic E-state index is 0.798. The number of methoxy groups -OCH3 is 2. The number of ether oxygens (including phenoxy) is 2. The van der Waals surface area contributed by atoms with Crippen LogP contribution in [0.25, 0.3) is 0 Å². The van der Waals surface area contributed by atoms with Gasteiger partial charge in [0.05, 0.1) is 32.8 Å². The first kappa shape index (κ1) is 9.83. The monoisotopic (exact) mass is 206 g/mol. The third-order valence-electron chi connectivity index (χ3n) is 2.39. The fourth-order valence-electron chi connectivity index (χ4n) is 1.58. The molecule has 0 unspecified atom stereocenters. The summed E-state index contributed by atoms with van der Waals surface area (Å²) in [6.45, 7) is 1.75. The van der Waals surface area contributed by atoms with Gasteiger partial charge in [-0.1, -0.05) is 0 Å². The average molecular weight is 206 g/mol. The smallest absolute Gasteiger partial charge is 0.146 e. The van der Waals surface area contributed by atoms with Crippen molar-refractivity contribution >= 4 is 12.0 Å². The van der Waals surface area contributed by atoms with E-state index in [4.69, 9.17) is 9.47 Å². The summed E-state index contributed by atoms with van der Waals surface area (Å²) < 4.78 is 10.5. The molecule has 0 spiro atoms. The molecule has 4 nitrogen and oxygen atoms in total. The van der Waals surface area contributed by atoms with E-state index in [1.807, 2.05) is 24.5 Å². The van der Waals surface area contributed by atoms with Crippen molar-refractivity contribution in [3.8, 4) is 11.5 Å². The molecule has 0 bridgehead atoms. The van der Waals surface area contributed by atoms with Crippen LogP contribution in [0.3, 0.4) is 0 Å². The first-order valence-corrected chi connectivity index (χ1v) is 4.84. The Kier molecular flexibility index (Phi) is 2.76. The van der Waals surface area contributed by atoms with E-state index >= 15 is 0 Å². The van der Waals surface area contributed by atoms with Crippen LogP contribution in [0.4, 0.5) is 5.69 Å². The fraction of sp³-hybridized carbons (Fsp3) is 0.364. The highest BCUT2D eigenvalue weighted by molar-refractivity contribution is 5.84. The standard InChI is InChI=1S/C11H14N2O2/c1-14-9-3-4-10(11(7-9)15-2)13-6-5-12-8-13/h3-4,7-8H,5-6H2,1-2H3. The van der Waals surface area contributed by atoms with Crippen LogP contribution < -0.4 is 14.4 Å². The summed E-state index contributed by atoms with van der Waals surface area (Å²) in [7, 11) is 3.30. The average Bonchev–Trinajstić information content (AvgIpc) is 2.81. The van der Waals surface area contributed by atoms with Gasteiger partial charge in [-0.05, 0) is 12.1 Å². The quantitative estimate of drug-likeness (QED) is 0.752. The Labute approximate surface area is 89.1 Å². The lowest BCUT2D eigenvalue weighted by Gasteiger charge is -2.17. The Morgan fingerprint density at radius 2 is 2.13 bits per heavy atom. The summed E-state index contributed by atoms with van der Waals surface area (Å²) in [5.74, 6) is 1.61. The summed E-state index contributed by atoms with van der Waals surface area (Å²) in [5, 5.41) is 0. The number of aliphatic imine (C=N–C) groups is 1. The molecule has 2 rings (SSSR count). The van der Waals surface area contributed by atoms with Crippen LogP contribution >= 0.6 is 0 Å². The van der Waals surface area contributed by atoms with Crippen molar-refractivity contribution in [1.29, 1.82) is 0 Å². The number of nitrogens with zero attached hydrogens (tertiary/aromatic N) is 2. The topological polar surface area (TPSA) is 34.1 Å². The van der Waals surface area contributed by atoms with E-state index < -0.39 is 0 Å². The lowest BCUT2D eigenvalue weighted by Crippen LogP contribution is -2.18. The Hall–Kier alpha value is -1.71. The Balaban J connectivity index is 2.33. The summed E-state index contributed by atoms with van der Waals surface area (Å²) in [6, 6.07) is 5.78. The van der Waals surface area contributed by atoms with Gasteiger partial charge in [-0.2, -0.15) is 0 Å². The highest BCUT2D eigenvalue weighted by Crippen LogP contribution is 2.32. The predicted octanol–water partition coefficient (Wildman–Crippen LogP) is 1.55. The number of hydrogen-bond donors (Lipinski definition) is 0. The van der Waals surface area contributed by atoms with Gasteiger partial charge in [-0.25, -0.2) is 0 Å². The molecule has 80 valence electrons. The molecule has 0 atom stereocenters. The van der Waals surface area contributed by atoms with Crippen LogP contribution in [0.5, 0.6) is 11.5 Å². The second kappa shape index (κ2) is 4.21. The van der Waals surface area contributed by atoms with Crippen molar-refractivity contribution in [3.05, 3.63) is 18.2 Å². The first-order chi connectivity index (χ1) is 7.35. The van der Waals surface area contributed by atoms with Crippen molar-refractivity contribution in [2.45, 2.75) is 0 Å². The molecule has 0 amide bonds. The van der Waals surface area contributed by atoms with Gasteiger partial charge < -0.3 is 14.4 Å². The molecule has 1 aliphatic rings. The maximum Gasteiger partial charge on any atom is 0.146 e. The maximum absolute atomic E-state index is 5.32. The predicted molar refractivity (Wildman–Crippen MR) is 60.3 cm³/mol. The minimum Gasteiger partial charge on any atom is -0.497 e. The van der Waals surface area contributed by atoms with Crippen LogP contribution in [0.2, 0.25) is 0 Å². The second-order valence-electron chi connectivity index (χ2n) is 3.25. The van der Waals surface area contributed by atoms with Crippen LogP contribution in [-0.2, 0) is 0 Å². The van der Waals surface area contributed by atoms with Crippen LogP contribution in [0.15, 0.2) is 23.2 Å². The highest BCUT2D eigenvalue weighted by atomic mass is 16.5. The maximum atomic E-state index is 5.32. The van der Waals surface area contributed by atoms with Crippen molar-refractivity contribution in [2.24, 2.45) is 4.99 Å². The zero-order valence-corrected chi connectivity index (χ0v) is 8.93. The van der Waals surface area contributed by atoms with Gasteiger partial charge in [0.1, 0.15) is 11.5 Å². The van der Waals surface area contributed by atoms with Gasteiger partial charge in [0.15, 0.2) is 0 Å². The molecule has 1 aromatic rings. The number of anilines is 1. The summed E-state index contributed by atoms with van der Waals surface area (Å²) >= 11 is 0. The molecular weight excluding hydrogens is 192 g/mol. The molecule has 0 N–H and O–H groups in total. The van der Waals surface area contributed by atoms with Crippen LogP contribution in [0.1, 0.15) is 0 Å². The first-order valence-electron chi connectivity index (χ1n) is 4.84. The molecule has 0 saturated heterocycles. The van der Waals surface area contributed by atoms with E-state index in [1.54, 1.807) is 14.2 Å². The van der Waals surface area contributed by atoms with E-state index in [0.717, 1.165) is 30.3 Å². The van der Waals surface area contributed by atoms with Crippen LogP contribution in [0, 0.1) is 0 Å². The minimum absolute atomic E-state index is 0.798. The van der Waals surface area contributed by atoms with E-state index in [-0.39, 0.29) is 0 Å². The van der Waals surface area contributed by atoms with Crippen molar-refractivity contribution in [2.75, 3.05) is 32.2 Å². The lowest BCUT2D eigenvalue weighted by molar-refractivity contribution is 0.395. The zero-order chi connectivity index (χ0) is 10.7. The van der Waals surface area contributed by atoms with Crippen LogP contribution in [-0.4, -0.2) is 33.6 Å². The summed E-state index contributed by atoms with van der Waals surface area (Å²) in [5.41, 5.74) is 1.03. The Morgan fingerprint density at radius 1 is 1.27 bits per heavy atom. The van der Waals surface area contributed by atoms with Crippen molar-refractivity contribution in [3.63, 3.8) is 0 Å². The molecule has 0 aromatic heterocycles. The lowest BCUT2D eigenvalue weighted by atomic mass is 10.2. The summed E-state index contributed by atoms with van der Waals surface area (Å²) in [4.78, 5) is 6.24. The van der Waals surface area contributed by atoms with Gasteiger partial charge in [0.25, 0.3) is 0 Å². The molecule has 4 heteroatoms. The fourth-order valence-corrected chi connectivity index (χ4v) is 1.58. The molecule has 0 radical (unpaired) electrons. The molecule has 1 heterocycles. The molecule has 1 aliphatic heterocycles. The molecule has 0 saturated carbocycles. The van der Waals surface area contributed by atoms with E-state index in [2.05, 4.69) is 9.89 Å². The third-order valence-corrected chi connectivity index (χ3v) is 2.39. The van der Waals surface area contributed by atoms with Crippen molar-refractivity contribution < 1.29 is 9.47 Å². The normalized spacial score (nSPS) is 14.4. The SMILES string of the molecule is COc1ccc(N2C=NCC2)c(OC)c1. The molecular formula is C11H14N2O2. The van der Waals surface area contributed by atoms with Gasteiger partial charge in [0, 0.05) is 12.6 Å². The van der Waals surface area contributed by atoms with Gasteiger partial charge in [-0.3, -0.25) is 4.99 Å². The van der Waals surface area contributed by atoms with Crippen molar-refractivity contribution in [1.82, 2.24) is 0 Å². The summed E-state index contributed by atoms with van der Waals surface area (Å²) in [6.07, 6.45) is 1.84. The van der Waals surface area contributed by atoms with Gasteiger partial charge in [-0.15, -0.1) is 0 Å². The van der Waals surface area contributed by atoms with E-state index in [9.17, 15) is 0 Å². The Bertz CT molecular complexity index is 377. The molecule has 0 fully saturated rings. The van der Waals surface area contributed by atoms with E-state index in [1.165, 1.54) is 0 Å². The Morgan fingerprint density at radius 3 is 2.73 bits per heavy atom. The molecule has 15 heavy (non-hydrogen) atoms. The number of benzene rings is 1. The third kappa shape index (κ3) is 1.88. The molecule has 1 aromatic carbocycles. The number of hydrogen-bond acceptors (Lipinski definition) is 4. The van der Waals surface area contributed by atoms with E-state index in [0.29, 0.717) is 0 Å². The van der Waals surface area contributed by atoms with Gasteiger partial charge in [0.2, 0.25) is 0 Å². The zero-order valence-electron chi connectivity index (χ0n) is 8.93. The largest absolute Gasteiger partial charge is 0.497 e.